The van der Waals surface area contributed by atoms with E-state index in [4.69, 9.17) is 5.73 Å². The van der Waals surface area contributed by atoms with Gasteiger partial charge in [0.05, 0.1) is 0 Å². The molecule has 1 aromatic carbocycles. The molecule has 1 unspecified atom stereocenters. The van der Waals surface area contributed by atoms with Crippen molar-refractivity contribution in [2.75, 3.05) is 6.54 Å². The summed E-state index contributed by atoms with van der Waals surface area (Å²) in [7, 11) is 0. The number of hydrogen-bond donors (Lipinski definition) is 1. The van der Waals surface area contributed by atoms with Crippen LogP contribution in [0.15, 0.2) is 24.3 Å². The monoisotopic (exact) mass is 231 g/mol. The van der Waals surface area contributed by atoms with Gasteiger partial charge in [-0.15, -0.1) is 0 Å². The van der Waals surface area contributed by atoms with Gasteiger partial charge in [0.15, 0.2) is 0 Å². The predicted molar refractivity (Wildman–Crippen MR) is 57.9 cm³/mol. The van der Waals surface area contributed by atoms with Crippen molar-refractivity contribution in [1.82, 2.24) is 0 Å². The summed E-state index contributed by atoms with van der Waals surface area (Å²) in [6.07, 6.45) is -1.65. The summed E-state index contributed by atoms with van der Waals surface area (Å²) in [4.78, 5) is 0. The highest BCUT2D eigenvalue weighted by Crippen LogP contribution is 2.29. The van der Waals surface area contributed by atoms with Gasteiger partial charge in [0.1, 0.15) is 5.82 Å². The van der Waals surface area contributed by atoms with Crippen molar-refractivity contribution in [3.63, 3.8) is 0 Å². The summed E-state index contributed by atoms with van der Waals surface area (Å²) in [6, 6.07) is 5.88. The van der Waals surface area contributed by atoms with E-state index < -0.39 is 11.8 Å². The Balaban J connectivity index is 2.59. The standard InChI is InChI=1S/C12H16F3N/c1-12(8-16,11(14)15)7-6-9-2-4-10(13)5-3-9/h2-5,11H,6-8,16H2,1H3. The van der Waals surface area contributed by atoms with Crippen LogP contribution in [0.1, 0.15) is 18.9 Å². The summed E-state index contributed by atoms with van der Waals surface area (Å²) in [5, 5.41) is 0. The van der Waals surface area contributed by atoms with Crippen molar-refractivity contribution >= 4 is 0 Å². The predicted octanol–water partition coefficient (Wildman–Crippen LogP) is 2.99. The Morgan fingerprint density at radius 1 is 1.25 bits per heavy atom. The van der Waals surface area contributed by atoms with Crippen molar-refractivity contribution in [2.24, 2.45) is 11.1 Å². The van der Waals surface area contributed by atoms with Crippen molar-refractivity contribution in [2.45, 2.75) is 26.2 Å². The topological polar surface area (TPSA) is 26.0 Å². The second-order valence-corrected chi connectivity index (χ2v) is 4.29. The van der Waals surface area contributed by atoms with Gasteiger partial charge < -0.3 is 5.73 Å². The Morgan fingerprint density at radius 2 is 1.81 bits per heavy atom. The fourth-order valence-electron chi connectivity index (χ4n) is 1.38. The van der Waals surface area contributed by atoms with Crippen LogP contribution in [-0.4, -0.2) is 13.0 Å². The molecule has 0 bridgehead atoms. The Morgan fingerprint density at radius 3 is 2.25 bits per heavy atom. The van der Waals surface area contributed by atoms with Gasteiger partial charge in [0.2, 0.25) is 6.43 Å². The lowest BCUT2D eigenvalue weighted by molar-refractivity contribution is 0.00754. The third-order valence-electron chi connectivity index (χ3n) is 2.89. The molecule has 0 radical (unpaired) electrons. The highest BCUT2D eigenvalue weighted by molar-refractivity contribution is 5.16. The quantitative estimate of drug-likeness (QED) is 0.828. The first-order valence-electron chi connectivity index (χ1n) is 5.20. The zero-order chi connectivity index (χ0) is 12.2. The molecule has 4 heteroatoms. The third-order valence-corrected chi connectivity index (χ3v) is 2.89. The van der Waals surface area contributed by atoms with Gasteiger partial charge in [-0.25, -0.2) is 13.2 Å². The molecule has 0 aromatic heterocycles. The summed E-state index contributed by atoms with van der Waals surface area (Å²) < 4.78 is 38.0. The summed E-state index contributed by atoms with van der Waals surface area (Å²) >= 11 is 0. The maximum atomic E-state index is 12.7. The Kier molecular flexibility index (Phi) is 4.35. The first-order chi connectivity index (χ1) is 7.48. The molecule has 1 aromatic rings. The number of rotatable bonds is 5. The second-order valence-electron chi connectivity index (χ2n) is 4.29. The van der Waals surface area contributed by atoms with Crippen LogP contribution in [0.5, 0.6) is 0 Å². The number of aryl methyl sites for hydroxylation is 1. The van der Waals surface area contributed by atoms with Crippen molar-refractivity contribution in [3.05, 3.63) is 35.6 Å². The van der Waals surface area contributed by atoms with Gasteiger partial charge >= 0.3 is 0 Å². The molecule has 0 fully saturated rings. The Hall–Kier alpha value is -1.03. The lowest BCUT2D eigenvalue weighted by atomic mass is 9.84. The van der Waals surface area contributed by atoms with Crippen LogP contribution in [0.25, 0.3) is 0 Å². The smallest absolute Gasteiger partial charge is 0.245 e. The van der Waals surface area contributed by atoms with E-state index in [2.05, 4.69) is 0 Å². The largest absolute Gasteiger partial charge is 0.330 e. The average molecular weight is 231 g/mol. The fourth-order valence-corrected chi connectivity index (χ4v) is 1.38. The summed E-state index contributed by atoms with van der Waals surface area (Å²) in [6.45, 7) is 1.42. The highest BCUT2D eigenvalue weighted by Gasteiger charge is 2.32. The van der Waals surface area contributed by atoms with E-state index >= 15 is 0 Å². The van der Waals surface area contributed by atoms with E-state index in [1.807, 2.05) is 0 Å². The first kappa shape index (κ1) is 13.0. The van der Waals surface area contributed by atoms with E-state index in [9.17, 15) is 13.2 Å². The number of hydrogen-bond acceptors (Lipinski definition) is 1. The maximum absolute atomic E-state index is 12.7. The van der Waals surface area contributed by atoms with Crippen LogP contribution in [0.4, 0.5) is 13.2 Å². The molecule has 0 heterocycles. The van der Waals surface area contributed by atoms with Gasteiger partial charge in [0.25, 0.3) is 0 Å². The minimum absolute atomic E-state index is 0.0497. The zero-order valence-electron chi connectivity index (χ0n) is 9.22. The van der Waals surface area contributed by atoms with Crippen molar-refractivity contribution in [3.8, 4) is 0 Å². The van der Waals surface area contributed by atoms with Crippen LogP contribution in [0, 0.1) is 11.2 Å². The minimum atomic E-state index is -2.43. The van der Waals surface area contributed by atoms with Crippen LogP contribution in [0.3, 0.4) is 0 Å². The minimum Gasteiger partial charge on any atom is -0.330 e. The number of alkyl halides is 2. The van der Waals surface area contributed by atoms with Crippen LogP contribution in [0.2, 0.25) is 0 Å². The Bertz CT molecular complexity index is 324. The molecular formula is C12H16F3N. The molecule has 0 saturated carbocycles. The van der Waals surface area contributed by atoms with E-state index in [0.717, 1.165) is 5.56 Å². The molecule has 16 heavy (non-hydrogen) atoms. The molecule has 0 saturated heterocycles. The van der Waals surface area contributed by atoms with Crippen LogP contribution < -0.4 is 5.73 Å². The van der Waals surface area contributed by atoms with Gasteiger partial charge in [-0.1, -0.05) is 19.1 Å². The van der Waals surface area contributed by atoms with Gasteiger partial charge in [-0.3, -0.25) is 0 Å². The number of benzene rings is 1. The number of halogens is 3. The zero-order valence-corrected chi connectivity index (χ0v) is 9.22. The third kappa shape index (κ3) is 3.23. The van der Waals surface area contributed by atoms with Crippen LogP contribution >= 0.6 is 0 Å². The molecule has 2 N–H and O–H groups in total. The normalized spacial score (nSPS) is 15.1. The molecule has 1 nitrogen and oxygen atoms in total. The lowest BCUT2D eigenvalue weighted by Crippen LogP contribution is -2.35. The average Bonchev–Trinajstić information content (AvgIpc) is 2.27. The molecule has 0 aliphatic carbocycles. The highest BCUT2D eigenvalue weighted by atomic mass is 19.3. The van der Waals surface area contributed by atoms with Gasteiger partial charge in [-0.05, 0) is 30.5 Å². The number of nitrogens with two attached hydrogens (primary N) is 1. The van der Waals surface area contributed by atoms with Crippen molar-refractivity contribution in [1.29, 1.82) is 0 Å². The maximum Gasteiger partial charge on any atom is 0.245 e. The fraction of sp³-hybridized carbons (Fsp3) is 0.500. The Labute approximate surface area is 93.5 Å². The van der Waals surface area contributed by atoms with E-state index in [1.165, 1.54) is 19.1 Å². The molecule has 1 rings (SSSR count). The molecule has 0 aliphatic rings. The summed E-state index contributed by atoms with van der Waals surface area (Å²) in [5.74, 6) is -0.320. The molecule has 0 aliphatic heterocycles. The van der Waals surface area contributed by atoms with Crippen molar-refractivity contribution < 1.29 is 13.2 Å². The lowest BCUT2D eigenvalue weighted by Gasteiger charge is -2.26. The van der Waals surface area contributed by atoms with E-state index in [1.54, 1.807) is 12.1 Å². The molecular weight excluding hydrogens is 215 g/mol. The molecule has 0 amide bonds. The van der Waals surface area contributed by atoms with E-state index in [-0.39, 0.29) is 12.4 Å². The molecule has 1 atom stereocenters. The van der Waals surface area contributed by atoms with Gasteiger partial charge in [-0.2, -0.15) is 0 Å². The molecule has 90 valence electrons. The first-order valence-corrected chi connectivity index (χ1v) is 5.20. The van der Waals surface area contributed by atoms with E-state index in [0.29, 0.717) is 12.8 Å². The SMILES string of the molecule is CC(CN)(CCc1ccc(F)cc1)C(F)F. The second kappa shape index (κ2) is 5.34. The molecule has 0 spiro atoms. The van der Waals surface area contributed by atoms with Crippen LogP contribution in [-0.2, 0) is 6.42 Å². The summed E-state index contributed by atoms with van der Waals surface area (Å²) in [5.41, 5.74) is 5.05. The van der Waals surface area contributed by atoms with Gasteiger partial charge in [0, 0.05) is 12.0 Å².